The second kappa shape index (κ2) is 7.48. The Morgan fingerprint density at radius 1 is 1.10 bits per heavy atom. The van der Waals surface area contributed by atoms with Crippen molar-refractivity contribution in [3.8, 4) is 0 Å². The second-order valence-corrected chi connectivity index (χ2v) is 8.71. The summed E-state index contributed by atoms with van der Waals surface area (Å²) in [6, 6.07) is 10.2. The third-order valence-corrected chi connectivity index (χ3v) is 6.34. The van der Waals surface area contributed by atoms with Crippen LogP contribution >= 0.6 is 0 Å². The van der Waals surface area contributed by atoms with E-state index in [9.17, 15) is 18.8 Å². The Labute approximate surface area is 180 Å². The van der Waals surface area contributed by atoms with Gasteiger partial charge in [0.25, 0.3) is 0 Å². The van der Waals surface area contributed by atoms with E-state index in [-0.39, 0.29) is 42.3 Å². The van der Waals surface area contributed by atoms with Gasteiger partial charge in [0.15, 0.2) is 0 Å². The highest BCUT2D eigenvalue weighted by atomic mass is 19.1. The summed E-state index contributed by atoms with van der Waals surface area (Å²) < 4.78 is 14.0. The number of carbonyl (C=O) groups is 3. The zero-order valence-electron chi connectivity index (χ0n) is 17.4. The summed E-state index contributed by atoms with van der Waals surface area (Å²) in [5, 5.41) is 2.62. The first-order valence-electron chi connectivity index (χ1n) is 10.7. The molecule has 3 aliphatic rings. The topological polar surface area (TPSA) is 69.7 Å². The van der Waals surface area contributed by atoms with Gasteiger partial charge in [-0.25, -0.2) is 4.39 Å². The van der Waals surface area contributed by atoms with Crippen LogP contribution in [0.1, 0.15) is 30.4 Å². The Morgan fingerprint density at radius 2 is 1.90 bits per heavy atom. The minimum atomic E-state index is -0.548. The van der Waals surface area contributed by atoms with E-state index < -0.39 is 11.7 Å². The van der Waals surface area contributed by atoms with Gasteiger partial charge in [-0.05, 0) is 67.6 Å². The lowest BCUT2D eigenvalue weighted by atomic mass is 10.1. The molecule has 2 heterocycles. The SMILES string of the molecule is Cc1ccc(F)c(NC(=O)[C@@H]2CC(=O)N(c3ccc4c(c3)CCN4C(=O)C3CC3)C2)c1. The van der Waals surface area contributed by atoms with Crippen molar-refractivity contribution in [2.24, 2.45) is 11.8 Å². The van der Waals surface area contributed by atoms with Crippen LogP contribution in [0.4, 0.5) is 21.5 Å². The molecule has 1 saturated carbocycles. The molecule has 0 spiro atoms. The van der Waals surface area contributed by atoms with Crippen molar-refractivity contribution in [3.05, 3.63) is 53.3 Å². The van der Waals surface area contributed by atoms with Crippen molar-refractivity contribution in [1.29, 1.82) is 0 Å². The number of benzene rings is 2. The van der Waals surface area contributed by atoms with Crippen molar-refractivity contribution in [3.63, 3.8) is 0 Å². The first-order valence-corrected chi connectivity index (χ1v) is 10.7. The van der Waals surface area contributed by atoms with Crippen LogP contribution < -0.4 is 15.1 Å². The van der Waals surface area contributed by atoms with E-state index in [1.807, 2.05) is 30.0 Å². The van der Waals surface area contributed by atoms with Gasteiger partial charge in [-0.2, -0.15) is 0 Å². The molecule has 2 aromatic carbocycles. The van der Waals surface area contributed by atoms with Crippen LogP contribution in [-0.4, -0.2) is 30.8 Å². The zero-order chi connectivity index (χ0) is 21.7. The van der Waals surface area contributed by atoms with Gasteiger partial charge in [0.1, 0.15) is 5.82 Å². The Hall–Kier alpha value is -3.22. The molecule has 0 aromatic heterocycles. The molecule has 0 unspecified atom stereocenters. The normalized spacial score (nSPS) is 20.2. The van der Waals surface area contributed by atoms with Crippen molar-refractivity contribution in [2.45, 2.75) is 32.6 Å². The monoisotopic (exact) mass is 421 g/mol. The van der Waals surface area contributed by atoms with Gasteiger partial charge < -0.3 is 15.1 Å². The molecule has 31 heavy (non-hydrogen) atoms. The summed E-state index contributed by atoms with van der Waals surface area (Å²) in [5.74, 6) is -1.17. The predicted molar refractivity (Wildman–Crippen MR) is 115 cm³/mol. The Morgan fingerprint density at radius 3 is 2.68 bits per heavy atom. The van der Waals surface area contributed by atoms with E-state index >= 15 is 0 Å². The summed E-state index contributed by atoms with van der Waals surface area (Å²) in [6.07, 6.45) is 2.80. The van der Waals surface area contributed by atoms with Gasteiger partial charge in [-0.3, -0.25) is 14.4 Å². The van der Waals surface area contributed by atoms with E-state index in [1.54, 1.807) is 17.0 Å². The number of aryl methyl sites for hydroxylation is 1. The Balaban J connectivity index is 1.30. The quantitative estimate of drug-likeness (QED) is 0.822. The Bertz CT molecular complexity index is 1100. The second-order valence-electron chi connectivity index (χ2n) is 8.71. The van der Waals surface area contributed by atoms with Crippen LogP contribution in [0.15, 0.2) is 36.4 Å². The van der Waals surface area contributed by atoms with Crippen LogP contribution in [0.3, 0.4) is 0 Å². The van der Waals surface area contributed by atoms with Crippen molar-refractivity contribution in [2.75, 3.05) is 28.2 Å². The van der Waals surface area contributed by atoms with Crippen molar-refractivity contribution >= 4 is 34.8 Å². The summed E-state index contributed by atoms with van der Waals surface area (Å²) in [7, 11) is 0. The van der Waals surface area contributed by atoms with Crippen LogP contribution in [0.25, 0.3) is 0 Å². The Kier molecular flexibility index (Phi) is 4.76. The highest BCUT2D eigenvalue weighted by molar-refractivity contribution is 6.04. The third-order valence-electron chi connectivity index (χ3n) is 6.34. The predicted octanol–water partition coefficient (Wildman–Crippen LogP) is 3.42. The minimum Gasteiger partial charge on any atom is -0.323 e. The molecule has 160 valence electrons. The van der Waals surface area contributed by atoms with E-state index in [4.69, 9.17) is 0 Å². The average Bonchev–Trinajstić information content (AvgIpc) is 3.40. The van der Waals surface area contributed by atoms with Crippen LogP contribution in [-0.2, 0) is 20.8 Å². The molecule has 5 rings (SSSR count). The molecular formula is C24H24FN3O3. The highest BCUT2D eigenvalue weighted by Crippen LogP contribution is 2.38. The van der Waals surface area contributed by atoms with E-state index in [0.29, 0.717) is 6.54 Å². The standard InChI is InChI=1S/C24H24FN3O3/c1-14-2-6-19(25)20(10-14)26-23(30)17-12-22(29)28(13-17)18-5-7-21-16(11-18)8-9-27(21)24(31)15-3-4-15/h2,5-7,10-11,15,17H,3-4,8-9,12-13H2,1H3,(H,26,30)/t17-/m1/s1. The molecule has 0 bridgehead atoms. The fourth-order valence-electron chi connectivity index (χ4n) is 4.44. The smallest absolute Gasteiger partial charge is 0.230 e. The maximum atomic E-state index is 14.0. The van der Waals surface area contributed by atoms with Gasteiger partial charge in [0.05, 0.1) is 11.6 Å². The van der Waals surface area contributed by atoms with Gasteiger partial charge >= 0.3 is 0 Å². The lowest BCUT2D eigenvalue weighted by molar-refractivity contribution is -0.122. The fourth-order valence-corrected chi connectivity index (χ4v) is 4.44. The number of hydrogen-bond donors (Lipinski definition) is 1. The zero-order valence-corrected chi connectivity index (χ0v) is 17.4. The maximum absolute atomic E-state index is 14.0. The highest BCUT2D eigenvalue weighted by Gasteiger charge is 2.38. The molecule has 1 saturated heterocycles. The molecule has 2 aliphatic heterocycles. The van der Waals surface area contributed by atoms with Crippen LogP contribution in [0.2, 0.25) is 0 Å². The molecule has 1 atom stereocenters. The number of nitrogens with one attached hydrogen (secondary N) is 1. The third kappa shape index (κ3) is 3.69. The lowest BCUT2D eigenvalue weighted by Crippen LogP contribution is -2.30. The summed E-state index contributed by atoms with van der Waals surface area (Å²) in [6.45, 7) is 2.75. The van der Waals surface area contributed by atoms with Gasteiger partial charge in [0, 0.05) is 36.8 Å². The van der Waals surface area contributed by atoms with Gasteiger partial charge in [0.2, 0.25) is 17.7 Å². The summed E-state index contributed by atoms with van der Waals surface area (Å²) in [5.41, 5.74) is 3.69. The van der Waals surface area contributed by atoms with Crippen molar-refractivity contribution < 1.29 is 18.8 Å². The number of nitrogens with zero attached hydrogens (tertiary/aromatic N) is 2. The van der Waals surface area contributed by atoms with Crippen molar-refractivity contribution in [1.82, 2.24) is 0 Å². The number of rotatable bonds is 4. The first kappa shape index (κ1) is 19.7. The number of hydrogen-bond acceptors (Lipinski definition) is 3. The molecule has 2 aromatic rings. The number of amides is 3. The molecule has 3 amide bonds. The van der Waals surface area contributed by atoms with E-state index in [0.717, 1.165) is 41.8 Å². The number of halogens is 1. The molecule has 1 aliphatic carbocycles. The molecule has 7 heteroatoms. The largest absolute Gasteiger partial charge is 0.323 e. The molecule has 6 nitrogen and oxygen atoms in total. The fraction of sp³-hybridized carbons (Fsp3) is 0.375. The molecule has 0 radical (unpaired) electrons. The van der Waals surface area contributed by atoms with Crippen LogP contribution in [0, 0.1) is 24.6 Å². The lowest BCUT2D eigenvalue weighted by Gasteiger charge is -2.20. The summed E-state index contributed by atoms with van der Waals surface area (Å²) in [4.78, 5) is 41.3. The molecule has 1 N–H and O–H groups in total. The number of fused-ring (bicyclic) bond motifs is 1. The summed E-state index contributed by atoms with van der Waals surface area (Å²) >= 11 is 0. The van der Waals surface area contributed by atoms with Crippen LogP contribution in [0.5, 0.6) is 0 Å². The van der Waals surface area contributed by atoms with Gasteiger partial charge in [-0.15, -0.1) is 0 Å². The van der Waals surface area contributed by atoms with Gasteiger partial charge in [-0.1, -0.05) is 6.07 Å². The minimum absolute atomic E-state index is 0.0860. The molecular weight excluding hydrogens is 397 g/mol. The first-order chi connectivity index (χ1) is 14.9. The maximum Gasteiger partial charge on any atom is 0.230 e. The molecule has 2 fully saturated rings. The van der Waals surface area contributed by atoms with E-state index in [1.165, 1.54) is 6.07 Å². The van der Waals surface area contributed by atoms with E-state index in [2.05, 4.69) is 5.32 Å². The average molecular weight is 421 g/mol. The number of carbonyl (C=O) groups excluding carboxylic acids is 3. The number of anilines is 3.